The van der Waals surface area contributed by atoms with Gasteiger partial charge in [-0.15, -0.1) is 11.3 Å². The van der Waals surface area contributed by atoms with Crippen molar-refractivity contribution in [2.45, 2.75) is 39.2 Å². The Morgan fingerprint density at radius 2 is 2.16 bits per heavy atom. The lowest BCUT2D eigenvalue weighted by Gasteiger charge is -2.26. The minimum atomic E-state index is -0.788. The highest BCUT2D eigenvalue weighted by atomic mass is 32.1. The molecule has 1 aromatic carbocycles. The van der Waals surface area contributed by atoms with Crippen LogP contribution < -0.4 is 5.73 Å². The van der Waals surface area contributed by atoms with Crippen LogP contribution in [0.15, 0.2) is 46.4 Å². The van der Waals surface area contributed by atoms with E-state index < -0.39 is 12.0 Å². The highest BCUT2D eigenvalue weighted by Crippen LogP contribution is 2.31. The molecule has 8 heteroatoms. The fraction of sp³-hybridized carbons (Fsp3) is 0.435. The number of aromatic nitrogens is 1. The summed E-state index contributed by atoms with van der Waals surface area (Å²) in [5.74, 6) is -0.620. The van der Waals surface area contributed by atoms with Crippen LogP contribution in [0.25, 0.3) is 0 Å². The summed E-state index contributed by atoms with van der Waals surface area (Å²) in [6, 6.07) is 4.00. The van der Waals surface area contributed by atoms with Crippen LogP contribution in [-0.2, 0) is 9.53 Å². The van der Waals surface area contributed by atoms with E-state index in [-0.39, 0.29) is 18.3 Å². The van der Waals surface area contributed by atoms with Crippen molar-refractivity contribution in [3.8, 4) is 0 Å². The molecule has 3 rings (SSSR count). The molecule has 6 nitrogen and oxygen atoms in total. The highest BCUT2D eigenvalue weighted by Gasteiger charge is 2.27. The lowest BCUT2D eigenvalue weighted by Crippen LogP contribution is -2.30. The molecule has 2 aromatic rings. The maximum absolute atomic E-state index is 14.4. The molecule has 0 unspecified atom stereocenters. The van der Waals surface area contributed by atoms with Gasteiger partial charge in [-0.3, -0.25) is 9.89 Å². The van der Waals surface area contributed by atoms with Crippen molar-refractivity contribution in [2.24, 2.45) is 10.7 Å². The van der Waals surface area contributed by atoms with Gasteiger partial charge >= 0.3 is 5.97 Å². The van der Waals surface area contributed by atoms with Crippen molar-refractivity contribution in [3.63, 3.8) is 0 Å². The molecule has 0 radical (unpaired) electrons. The van der Waals surface area contributed by atoms with E-state index in [0.29, 0.717) is 28.3 Å². The van der Waals surface area contributed by atoms with Crippen molar-refractivity contribution in [2.75, 3.05) is 26.2 Å². The maximum atomic E-state index is 14.4. The van der Waals surface area contributed by atoms with Gasteiger partial charge in [0.1, 0.15) is 11.9 Å². The fourth-order valence-electron chi connectivity index (χ4n) is 3.66. The Kier molecular flexibility index (Phi) is 8.31. The third-order valence-electron chi connectivity index (χ3n) is 5.35. The number of hydrogen-bond donors (Lipinski definition) is 1. The number of hydrogen-bond acceptors (Lipinski definition) is 6. The largest absolute Gasteiger partial charge is 0.463 e. The lowest BCUT2D eigenvalue weighted by atomic mass is 9.94. The number of ether oxygens (including phenoxy) is 1. The molecule has 0 bridgehead atoms. The third-order valence-corrected chi connectivity index (χ3v) is 6.14. The first-order valence-electron chi connectivity index (χ1n) is 10.6. The summed E-state index contributed by atoms with van der Waals surface area (Å²) in [7, 11) is 0. The molecule has 1 fully saturated rings. The molecule has 2 heterocycles. The fourth-order valence-corrected chi connectivity index (χ4v) is 4.21. The van der Waals surface area contributed by atoms with Gasteiger partial charge in [-0.05, 0) is 57.0 Å². The van der Waals surface area contributed by atoms with Crippen molar-refractivity contribution in [3.05, 3.63) is 63.4 Å². The van der Waals surface area contributed by atoms with Crippen LogP contribution in [0, 0.1) is 12.7 Å². The monoisotopic (exact) mass is 444 g/mol. The minimum Gasteiger partial charge on any atom is -0.463 e. The summed E-state index contributed by atoms with van der Waals surface area (Å²) in [5, 5.41) is 2.36. The molecule has 0 spiro atoms. The Hall–Kier alpha value is -2.58. The van der Waals surface area contributed by atoms with Crippen LogP contribution in [0.3, 0.4) is 0 Å². The normalized spacial score (nSPS) is 16.9. The molecular weight excluding hydrogens is 415 g/mol. The van der Waals surface area contributed by atoms with Gasteiger partial charge < -0.3 is 10.5 Å². The summed E-state index contributed by atoms with van der Waals surface area (Å²) < 4.78 is 19.8. The molecule has 0 aliphatic carbocycles. The average Bonchev–Trinajstić information content (AvgIpc) is 3.31. The number of likely N-dealkylation sites (tertiary alicyclic amines) is 1. The minimum absolute atomic E-state index is 0.205. The zero-order valence-electron chi connectivity index (χ0n) is 18.0. The molecule has 1 atom stereocenters. The molecule has 1 saturated heterocycles. The molecule has 1 aliphatic heterocycles. The van der Waals surface area contributed by atoms with Crippen molar-refractivity contribution in [1.82, 2.24) is 9.88 Å². The van der Waals surface area contributed by atoms with E-state index in [2.05, 4.69) is 14.9 Å². The summed E-state index contributed by atoms with van der Waals surface area (Å²) in [6.07, 6.45) is 7.01. The number of esters is 1. The van der Waals surface area contributed by atoms with Crippen molar-refractivity contribution >= 4 is 23.1 Å². The molecule has 31 heavy (non-hydrogen) atoms. The lowest BCUT2D eigenvalue weighted by molar-refractivity contribution is -0.138. The van der Waals surface area contributed by atoms with Gasteiger partial charge in [0.05, 0.1) is 12.2 Å². The zero-order chi connectivity index (χ0) is 22.2. The summed E-state index contributed by atoms with van der Waals surface area (Å²) in [6.45, 7) is 6.25. The predicted molar refractivity (Wildman–Crippen MR) is 122 cm³/mol. The van der Waals surface area contributed by atoms with Crippen LogP contribution in [0.2, 0.25) is 0 Å². The molecular formula is C23H29FN4O2S. The Morgan fingerprint density at radius 3 is 2.84 bits per heavy atom. The maximum Gasteiger partial charge on any atom is 0.336 e. The van der Waals surface area contributed by atoms with E-state index in [1.54, 1.807) is 37.6 Å². The van der Waals surface area contributed by atoms with Crippen LogP contribution in [0.5, 0.6) is 0 Å². The number of thiazole rings is 1. The van der Waals surface area contributed by atoms with Gasteiger partial charge in [-0.25, -0.2) is 14.2 Å². The number of aliphatic imine (C=N–C) groups is 1. The second-order valence-corrected chi connectivity index (χ2v) is 8.34. The average molecular weight is 445 g/mol. The molecule has 1 aromatic heterocycles. The molecule has 0 amide bonds. The number of benzene rings is 1. The van der Waals surface area contributed by atoms with Crippen LogP contribution in [0.4, 0.5) is 4.39 Å². The summed E-state index contributed by atoms with van der Waals surface area (Å²) in [4.78, 5) is 24.1. The van der Waals surface area contributed by atoms with E-state index in [4.69, 9.17) is 10.5 Å². The standard InChI is InChI=1S/C23H29FN4O2S/c1-3-30-23(29)18(10-14-28-12-5-4-6-13-28)20(17-8-7-9-19(24)16(17)2)27-21(25)22-26-11-15-31-22/h7-11,15,20H,3-6,12-14H2,1-2H3,(H2,25,27)/b18-10-/t20-/m0/s1. The first-order valence-corrected chi connectivity index (χ1v) is 11.5. The first-order chi connectivity index (χ1) is 15.0. The number of amidine groups is 1. The van der Waals surface area contributed by atoms with Crippen molar-refractivity contribution in [1.29, 1.82) is 0 Å². The summed E-state index contributed by atoms with van der Waals surface area (Å²) in [5.41, 5.74) is 7.60. The van der Waals surface area contributed by atoms with Gasteiger partial charge in [0, 0.05) is 18.1 Å². The number of halogens is 1. The first kappa shape index (κ1) is 23.1. The molecule has 166 valence electrons. The van der Waals surface area contributed by atoms with Gasteiger partial charge in [0.25, 0.3) is 0 Å². The molecule has 2 N–H and O–H groups in total. The van der Waals surface area contributed by atoms with Crippen LogP contribution in [-0.4, -0.2) is 47.9 Å². The Bertz CT molecular complexity index is 937. The number of nitrogens with zero attached hydrogens (tertiary/aromatic N) is 3. The zero-order valence-corrected chi connectivity index (χ0v) is 18.8. The number of nitrogens with two attached hydrogens (primary N) is 1. The number of carbonyl (C=O) groups excluding carboxylic acids is 1. The SMILES string of the molecule is CCOC(=O)/C(=C\CN1CCCCC1)[C@@H](/N=C(\N)c1nccs1)c1cccc(F)c1C. The van der Waals surface area contributed by atoms with Gasteiger partial charge in [0.15, 0.2) is 10.8 Å². The van der Waals surface area contributed by atoms with E-state index >= 15 is 0 Å². The Morgan fingerprint density at radius 1 is 1.39 bits per heavy atom. The predicted octanol–water partition coefficient (Wildman–Crippen LogP) is 4.01. The van der Waals surface area contributed by atoms with Crippen LogP contribution >= 0.6 is 11.3 Å². The number of rotatable bonds is 8. The van der Waals surface area contributed by atoms with E-state index in [9.17, 15) is 9.18 Å². The van der Waals surface area contributed by atoms with E-state index in [0.717, 1.165) is 25.9 Å². The highest BCUT2D eigenvalue weighted by molar-refractivity contribution is 7.11. The van der Waals surface area contributed by atoms with Gasteiger partial charge in [-0.2, -0.15) is 0 Å². The van der Waals surface area contributed by atoms with Gasteiger partial charge in [-0.1, -0.05) is 24.6 Å². The third kappa shape index (κ3) is 5.98. The second kappa shape index (κ2) is 11.2. The van der Waals surface area contributed by atoms with E-state index in [1.807, 2.05) is 6.08 Å². The van der Waals surface area contributed by atoms with Crippen LogP contribution in [0.1, 0.15) is 48.4 Å². The van der Waals surface area contributed by atoms with Gasteiger partial charge in [0.2, 0.25) is 0 Å². The quantitative estimate of drug-likeness (QED) is 0.288. The number of carbonyl (C=O) groups is 1. The molecule has 1 aliphatic rings. The Balaban J connectivity index is 2.06. The second-order valence-electron chi connectivity index (χ2n) is 7.45. The Labute approximate surface area is 186 Å². The van der Waals surface area contributed by atoms with Crippen molar-refractivity contribution < 1.29 is 13.9 Å². The van der Waals surface area contributed by atoms with E-state index in [1.165, 1.54) is 23.8 Å². The molecule has 0 saturated carbocycles. The number of piperidine rings is 1. The topological polar surface area (TPSA) is 80.8 Å². The summed E-state index contributed by atoms with van der Waals surface area (Å²) >= 11 is 1.36. The smallest absolute Gasteiger partial charge is 0.336 e.